The molecule has 1 saturated carbocycles. The molecule has 3 heteroatoms. The fourth-order valence-corrected chi connectivity index (χ4v) is 1.58. The zero-order valence-electron chi connectivity index (χ0n) is 6.88. The van der Waals surface area contributed by atoms with E-state index in [9.17, 15) is 4.79 Å². The molecule has 1 aliphatic rings. The van der Waals surface area contributed by atoms with E-state index in [0.29, 0.717) is 6.10 Å². The van der Waals surface area contributed by atoms with E-state index in [1.165, 1.54) is 0 Å². The van der Waals surface area contributed by atoms with Gasteiger partial charge >= 0.3 is 0 Å². The van der Waals surface area contributed by atoms with Gasteiger partial charge in [0.25, 0.3) is 0 Å². The number of nitrogens with two attached hydrogens (primary N) is 1. The Bertz CT molecular complexity index is 139. The van der Waals surface area contributed by atoms with Crippen LogP contribution in [-0.2, 0) is 9.53 Å². The van der Waals surface area contributed by atoms with Crippen LogP contribution in [0.2, 0.25) is 0 Å². The fraction of sp³-hybridized carbons (Fsp3) is 0.875. The van der Waals surface area contributed by atoms with Crippen molar-refractivity contribution in [1.82, 2.24) is 0 Å². The SMILES string of the molecule is CO[C@H]1CC[C@H](C(N)=O)CC1. The lowest BCUT2D eigenvalue weighted by atomic mass is 9.87. The zero-order valence-corrected chi connectivity index (χ0v) is 6.88. The van der Waals surface area contributed by atoms with Crippen molar-refractivity contribution in [3.63, 3.8) is 0 Å². The van der Waals surface area contributed by atoms with Gasteiger partial charge in [-0.1, -0.05) is 0 Å². The summed E-state index contributed by atoms with van der Waals surface area (Å²) in [4.78, 5) is 10.7. The lowest BCUT2D eigenvalue weighted by Crippen LogP contribution is -2.29. The second-order valence-corrected chi connectivity index (χ2v) is 3.11. The normalized spacial score (nSPS) is 31.7. The maximum absolute atomic E-state index is 10.7. The molecule has 0 aliphatic heterocycles. The molecule has 0 heterocycles. The number of rotatable bonds is 2. The molecule has 3 nitrogen and oxygen atoms in total. The van der Waals surface area contributed by atoms with Gasteiger partial charge < -0.3 is 10.5 Å². The lowest BCUT2D eigenvalue weighted by molar-refractivity contribution is -0.123. The topological polar surface area (TPSA) is 52.3 Å². The molecule has 0 aromatic carbocycles. The van der Waals surface area contributed by atoms with Gasteiger partial charge in [-0.2, -0.15) is 0 Å². The largest absolute Gasteiger partial charge is 0.381 e. The van der Waals surface area contributed by atoms with Crippen LogP contribution >= 0.6 is 0 Å². The van der Waals surface area contributed by atoms with Crippen LogP contribution in [-0.4, -0.2) is 19.1 Å². The van der Waals surface area contributed by atoms with Crippen molar-refractivity contribution in [2.75, 3.05) is 7.11 Å². The van der Waals surface area contributed by atoms with E-state index < -0.39 is 0 Å². The highest BCUT2D eigenvalue weighted by molar-refractivity contribution is 5.76. The number of amides is 1. The molecule has 1 fully saturated rings. The first-order valence-electron chi connectivity index (χ1n) is 4.06. The Labute approximate surface area is 66.9 Å². The molecular weight excluding hydrogens is 142 g/mol. The number of hydrogen-bond donors (Lipinski definition) is 1. The van der Waals surface area contributed by atoms with E-state index in [1.807, 2.05) is 0 Å². The third kappa shape index (κ3) is 2.19. The Morgan fingerprint density at radius 3 is 2.27 bits per heavy atom. The summed E-state index contributed by atoms with van der Waals surface area (Å²) in [6.07, 6.45) is 4.10. The number of carbonyl (C=O) groups is 1. The van der Waals surface area contributed by atoms with Crippen molar-refractivity contribution in [3.8, 4) is 0 Å². The van der Waals surface area contributed by atoms with E-state index in [4.69, 9.17) is 10.5 Å². The molecule has 1 rings (SSSR count). The molecule has 64 valence electrons. The van der Waals surface area contributed by atoms with Crippen molar-refractivity contribution >= 4 is 5.91 Å². The van der Waals surface area contributed by atoms with Crippen molar-refractivity contribution < 1.29 is 9.53 Å². The molecule has 0 saturated heterocycles. The maximum Gasteiger partial charge on any atom is 0.220 e. The summed E-state index contributed by atoms with van der Waals surface area (Å²) in [7, 11) is 1.72. The van der Waals surface area contributed by atoms with Crippen molar-refractivity contribution in [3.05, 3.63) is 0 Å². The van der Waals surface area contributed by atoms with Gasteiger partial charge in [-0.3, -0.25) is 4.79 Å². The van der Waals surface area contributed by atoms with Crippen LogP contribution in [0.3, 0.4) is 0 Å². The molecule has 0 atom stereocenters. The minimum atomic E-state index is -0.153. The molecule has 11 heavy (non-hydrogen) atoms. The molecular formula is C8H15NO2. The van der Waals surface area contributed by atoms with Crippen molar-refractivity contribution in [2.24, 2.45) is 11.7 Å². The predicted molar refractivity (Wildman–Crippen MR) is 41.9 cm³/mol. The number of hydrogen-bond acceptors (Lipinski definition) is 2. The van der Waals surface area contributed by atoms with Crippen molar-refractivity contribution in [2.45, 2.75) is 31.8 Å². The minimum absolute atomic E-state index is 0.0985. The van der Waals surface area contributed by atoms with Crippen LogP contribution < -0.4 is 5.73 Å². The number of ether oxygens (including phenoxy) is 1. The Hall–Kier alpha value is -0.570. The third-order valence-electron chi connectivity index (χ3n) is 2.41. The molecule has 1 amide bonds. The maximum atomic E-state index is 10.7. The second kappa shape index (κ2) is 3.72. The highest BCUT2D eigenvalue weighted by Crippen LogP contribution is 2.25. The summed E-state index contributed by atoms with van der Waals surface area (Å²) in [6.45, 7) is 0. The van der Waals surface area contributed by atoms with Gasteiger partial charge in [0, 0.05) is 13.0 Å². The standard InChI is InChI=1S/C8H15NO2/c1-11-7-4-2-6(3-5-7)8(9)10/h6-7H,2-5H2,1H3,(H2,9,10)/t6-,7-. The molecule has 0 unspecified atom stereocenters. The first-order chi connectivity index (χ1) is 5.24. The summed E-state index contributed by atoms with van der Waals surface area (Å²) < 4.78 is 5.17. The Kier molecular flexibility index (Phi) is 2.88. The Morgan fingerprint density at radius 2 is 1.91 bits per heavy atom. The average Bonchev–Trinajstić information content (AvgIpc) is 2.05. The van der Waals surface area contributed by atoms with E-state index in [0.717, 1.165) is 25.7 Å². The second-order valence-electron chi connectivity index (χ2n) is 3.11. The van der Waals surface area contributed by atoms with Crippen LogP contribution in [0, 0.1) is 5.92 Å². The first-order valence-corrected chi connectivity index (χ1v) is 4.06. The Morgan fingerprint density at radius 1 is 1.36 bits per heavy atom. The van der Waals surface area contributed by atoms with Gasteiger partial charge in [0.1, 0.15) is 0 Å². The lowest BCUT2D eigenvalue weighted by Gasteiger charge is -2.25. The molecule has 1 aliphatic carbocycles. The minimum Gasteiger partial charge on any atom is -0.381 e. The number of primary amides is 1. The monoisotopic (exact) mass is 157 g/mol. The van der Waals surface area contributed by atoms with Gasteiger partial charge in [0.05, 0.1) is 6.10 Å². The van der Waals surface area contributed by atoms with E-state index in [-0.39, 0.29) is 11.8 Å². The highest BCUT2D eigenvalue weighted by Gasteiger charge is 2.23. The quantitative estimate of drug-likeness (QED) is 0.640. The summed E-state index contributed by atoms with van der Waals surface area (Å²) in [5, 5.41) is 0. The van der Waals surface area contributed by atoms with Gasteiger partial charge in [0.15, 0.2) is 0 Å². The van der Waals surface area contributed by atoms with Gasteiger partial charge in [0.2, 0.25) is 5.91 Å². The van der Waals surface area contributed by atoms with Crippen LogP contribution in [0.25, 0.3) is 0 Å². The van der Waals surface area contributed by atoms with Crippen LogP contribution in [0.4, 0.5) is 0 Å². The highest BCUT2D eigenvalue weighted by atomic mass is 16.5. The molecule has 0 radical (unpaired) electrons. The van der Waals surface area contributed by atoms with Crippen LogP contribution in [0.1, 0.15) is 25.7 Å². The van der Waals surface area contributed by atoms with E-state index in [1.54, 1.807) is 7.11 Å². The van der Waals surface area contributed by atoms with E-state index in [2.05, 4.69) is 0 Å². The van der Waals surface area contributed by atoms with Gasteiger partial charge in [-0.25, -0.2) is 0 Å². The third-order valence-corrected chi connectivity index (χ3v) is 2.41. The summed E-state index contributed by atoms with van der Waals surface area (Å²) in [5.74, 6) is -0.0547. The van der Waals surface area contributed by atoms with E-state index >= 15 is 0 Å². The molecule has 0 bridgehead atoms. The Balaban J connectivity index is 2.30. The molecule has 0 aromatic heterocycles. The fourth-order valence-electron chi connectivity index (χ4n) is 1.58. The zero-order chi connectivity index (χ0) is 8.27. The van der Waals surface area contributed by atoms with Crippen molar-refractivity contribution in [1.29, 1.82) is 0 Å². The summed E-state index contributed by atoms with van der Waals surface area (Å²) in [6, 6.07) is 0. The van der Waals surface area contributed by atoms with Crippen LogP contribution in [0.15, 0.2) is 0 Å². The summed E-state index contributed by atoms with van der Waals surface area (Å²) in [5.41, 5.74) is 5.17. The van der Waals surface area contributed by atoms with Gasteiger partial charge in [-0.05, 0) is 25.7 Å². The first kappa shape index (κ1) is 8.53. The molecule has 0 aromatic rings. The van der Waals surface area contributed by atoms with Gasteiger partial charge in [-0.15, -0.1) is 0 Å². The van der Waals surface area contributed by atoms with Crippen LogP contribution in [0.5, 0.6) is 0 Å². The number of carbonyl (C=O) groups excluding carboxylic acids is 1. The predicted octanol–water partition coefficient (Wildman–Crippen LogP) is 0.677. The summed E-state index contributed by atoms with van der Waals surface area (Å²) >= 11 is 0. The number of methoxy groups -OCH3 is 1. The molecule has 0 spiro atoms. The smallest absolute Gasteiger partial charge is 0.220 e. The average molecular weight is 157 g/mol. The molecule has 2 N–H and O–H groups in total.